The fraction of sp³-hybridized carbons (Fsp3) is 0.538. The minimum Gasteiger partial charge on any atom is -0.365 e. The number of amides is 1. The molecule has 1 amide bonds. The topological polar surface area (TPSA) is 105 Å². The Hall–Kier alpha value is -2.16. The number of nitrogens with two attached hydrogens (primary N) is 1. The number of carbonyl (C=O) groups is 1. The Bertz CT molecular complexity index is 500. The Morgan fingerprint density at radius 3 is 2.63 bits per heavy atom. The molecule has 1 heterocycles. The van der Waals surface area contributed by atoms with Gasteiger partial charge in [-0.1, -0.05) is 25.7 Å². The largest absolute Gasteiger partial charge is 0.365 e. The maximum absolute atomic E-state index is 11.3. The summed E-state index contributed by atoms with van der Waals surface area (Å²) in [4.78, 5) is 19.3. The predicted octanol–water partition coefficient (Wildman–Crippen LogP) is 1.58. The highest BCUT2D eigenvalue weighted by Crippen LogP contribution is 2.21. The lowest BCUT2D eigenvalue weighted by atomic mass is 10.1. The fourth-order valence-corrected chi connectivity index (χ4v) is 2.34. The first kappa shape index (κ1) is 13.3. The fourth-order valence-electron chi connectivity index (χ4n) is 2.34. The number of hydrogen-bond acceptors (Lipinski definition) is 5. The van der Waals surface area contributed by atoms with Crippen LogP contribution in [-0.4, -0.2) is 21.9 Å². The zero-order valence-electron chi connectivity index (χ0n) is 10.7. The number of nitrogens with one attached hydrogen (secondary N) is 1. The molecule has 2 rings (SSSR count). The van der Waals surface area contributed by atoms with Gasteiger partial charge in [0.1, 0.15) is 6.07 Å². The molecule has 0 bridgehead atoms. The van der Waals surface area contributed by atoms with Crippen LogP contribution in [0.2, 0.25) is 0 Å². The molecular formula is C13H17N5O. The van der Waals surface area contributed by atoms with E-state index < -0.39 is 5.91 Å². The summed E-state index contributed by atoms with van der Waals surface area (Å²) >= 11 is 0. The van der Waals surface area contributed by atoms with Gasteiger partial charge in [-0.05, 0) is 12.8 Å². The molecule has 0 radical (unpaired) electrons. The van der Waals surface area contributed by atoms with E-state index in [-0.39, 0.29) is 17.4 Å². The average Bonchev–Trinajstić information content (AvgIpc) is 2.67. The first-order chi connectivity index (χ1) is 9.20. The smallest absolute Gasteiger partial charge is 0.271 e. The standard InChI is InChI=1S/C13H17N5O/c14-7-10-8-16-11(12(15)19)13(18-10)17-9-5-3-1-2-4-6-9/h8-9H,1-6H2,(H2,15,19)(H,17,18). The molecule has 1 aromatic heterocycles. The number of anilines is 1. The van der Waals surface area contributed by atoms with E-state index in [0.717, 1.165) is 25.7 Å². The molecule has 1 aliphatic carbocycles. The van der Waals surface area contributed by atoms with Crippen LogP contribution in [0.5, 0.6) is 0 Å². The van der Waals surface area contributed by atoms with Gasteiger partial charge in [-0.15, -0.1) is 0 Å². The van der Waals surface area contributed by atoms with Crippen molar-refractivity contribution in [1.82, 2.24) is 9.97 Å². The summed E-state index contributed by atoms with van der Waals surface area (Å²) in [5, 5.41) is 12.1. The van der Waals surface area contributed by atoms with Crippen LogP contribution in [0, 0.1) is 11.3 Å². The van der Waals surface area contributed by atoms with Crippen LogP contribution in [0.25, 0.3) is 0 Å². The third kappa shape index (κ3) is 3.41. The molecule has 0 aromatic carbocycles. The summed E-state index contributed by atoms with van der Waals surface area (Å²) in [6.45, 7) is 0. The second-order valence-corrected chi connectivity index (χ2v) is 4.76. The quantitative estimate of drug-likeness (QED) is 0.802. The summed E-state index contributed by atoms with van der Waals surface area (Å²) in [6.07, 6.45) is 8.14. The Balaban J connectivity index is 2.21. The van der Waals surface area contributed by atoms with Crippen LogP contribution in [0.15, 0.2) is 6.20 Å². The van der Waals surface area contributed by atoms with Gasteiger partial charge in [0, 0.05) is 6.04 Å². The summed E-state index contributed by atoms with van der Waals surface area (Å²) in [6, 6.07) is 2.18. The van der Waals surface area contributed by atoms with E-state index in [0.29, 0.717) is 5.82 Å². The van der Waals surface area contributed by atoms with Crippen LogP contribution < -0.4 is 11.1 Å². The van der Waals surface area contributed by atoms with Gasteiger partial charge >= 0.3 is 0 Å². The van der Waals surface area contributed by atoms with Crippen molar-refractivity contribution in [3.8, 4) is 6.07 Å². The van der Waals surface area contributed by atoms with E-state index in [2.05, 4.69) is 15.3 Å². The van der Waals surface area contributed by atoms with Crippen LogP contribution in [0.1, 0.15) is 54.7 Å². The van der Waals surface area contributed by atoms with Crippen molar-refractivity contribution in [2.75, 3.05) is 5.32 Å². The maximum Gasteiger partial charge on any atom is 0.271 e. The molecule has 1 aromatic rings. The van der Waals surface area contributed by atoms with E-state index >= 15 is 0 Å². The molecule has 0 spiro atoms. The Morgan fingerprint density at radius 2 is 2.05 bits per heavy atom. The monoisotopic (exact) mass is 259 g/mol. The van der Waals surface area contributed by atoms with E-state index in [1.807, 2.05) is 6.07 Å². The van der Waals surface area contributed by atoms with Crippen molar-refractivity contribution in [2.24, 2.45) is 5.73 Å². The summed E-state index contributed by atoms with van der Waals surface area (Å²) in [5.74, 6) is -0.299. The molecule has 1 saturated carbocycles. The Morgan fingerprint density at radius 1 is 1.37 bits per heavy atom. The lowest BCUT2D eigenvalue weighted by Crippen LogP contribution is -2.24. The van der Waals surface area contributed by atoms with Crippen LogP contribution in [0.3, 0.4) is 0 Å². The van der Waals surface area contributed by atoms with Gasteiger partial charge in [-0.2, -0.15) is 5.26 Å². The number of carbonyl (C=O) groups excluding carboxylic acids is 1. The Labute approximate surface area is 112 Å². The number of hydrogen-bond donors (Lipinski definition) is 2. The predicted molar refractivity (Wildman–Crippen MR) is 70.4 cm³/mol. The lowest BCUT2D eigenvalue weighted by Gasteiger charge is -2.17. The first-order valence-electron chi connectivity index (χ1n) is 6.54. The normalized spacial score (nSPS) is 16.4. The minimum atomic E-state index is -0.631. The van der Waals surface area contributed by atoms with E-state index in [9.17, 15) is 4.79 Å². The average molecular weight is 259 g/mol. The van der Waals surface area contributed by atoms with E-state index in [1.54, 1.807) is 0 Å². The number of nitrogens with zero attached hydrogens (tertiary/aromatic N) is 3. The molecule has 0 saturated heterocycles. The van der Waals surface area contributed by atoms with Crippen molar-refractivity contribution in [1.29, 1.82) is 5.26 Å². The van der Waals surface area contributed by atoms with Crippen LogP contribution in [-0.2, 0) is 0 Å². The number of primary amides is 1. The molecule has 3 N–H and O–H groups in total. The van der Waals surface area contributed by atoms with Crippen molar-refractivity contribution in [2.45, 2.75) is 44.6 Å². The van der Waals surface area contributed by atoms with Gasteiger partial charge in [0.2, 0.25) is 0 Å². The second kappa shape index (κ2) is 6.14. The summed E-state index contributed by atoms with van der Waals surface area (Å²) < 4.78 is 0. The van der Waals surface area contributed by atoms with E-state index in [1.165, 1.54) is 19.0 Å². The highest BCUT2D eigenvalue weighted by Gasteiger charge is 2.18. The SMILES string of the molecule is N#Cc1cnc(C(N)=O)c(NC2CCCCCC2)n1. The molecule has 6 heteroatoms. The van der Waals surface area contributed by atoms with Gasteiger partial charge in [-0.25, -0.2) is 9.97 Å². The molecule has 6 nitrogen and oxygen atoms in total. The van der Waals surface area contributed by atoms with Crippen molar-refractivity contribution in [3.05, 3.63) is 17.6 Å². The molecular weight excluding hydrogens is 242 g/mol. The maximum atomic E-state index is 11.3. The molecule has 0 atom stereocenters. The van der Waals surface area contributed by atoms with Crippen LogP contribution in [0.4, 0.5) is 5.82 Å². The summed E-state index contributed by atoms with van der Waals surface area (Å²) in [5.41, 5.74) is 5.56. The van der Waals surface area contributed by atoms with Gasteiger partial charge in [-0.3, -0.25) is 4.79 Å². The third-order valence-electron chi connectivity index (χ3n) is 3.32. The zero-order valence-corrected chi connectivity index (χ0v) is 10.7. The number of rotatable bonds is 3. The van der Waals surface area contributed by atoms with Crippen molar-refractivity contribution >= 4 is 11.7 Å². The first-order valence-corrected chi connectivity index (χ1v) is 6.54. The minimum absolute atomic E-state index is 0.100. The number of nitriles is 1. The molecule has 1 aliphatic rings. The summed E-state index contributed by atoms with van der Waals surface area (Å²) in [7, 11) is 0. The van der Waals surface area contributed by atoms with Gasteiger partial charge in [0.25, 0.3) is 5.91 Å². The lowest BCUT2D eigenvalue weighted by molar-refractivity contribution is 0.0996. The van der Waals surface area contributed by atoms with Crippen molar-refractivity contribution in [3.63, 3.8) is 0 Å². The molecule has 19 heavy (non-hydrogen) atoms. The third-order valence-corrected chi connectivity index (χ3v) is 3.32. The molecule has 100 valence electrons. The highest BCUT2D eigenvalue weighted by molar-refractivity contribution is 5.95. The van der Waals surface area contributed by atoms with Crippen molar-refractivity contribution < 1.29 is 4.79 Å². The van der Waals surface area contributed by atoms with Gasteiger partial charge in [0.05, 0.1) is 6.20 Å². The van der Waals surface area contributed by atoms with E-state index in [4.69, 9.17) is 11.0 Å². The second-order valence-electron chi connectivity index (χ2n) is 4.76. The molecule has 1 fully saturated rings. The number of aromatic nitrogens is 2. The zero-order chi connectivity index (χ0) is 13.7. The van der Waals surface area contributed by atoms with Gasteiger partial charge in [0.15, 0.2) is 17.2 Å². The highest BCUT2D eigenvalue weighted by atomic mass is 16.1. The van der Waals surface area contributed by atoms with Gasteiger partial charge < -0.3 is 11.1 Å². The molecule has 0 aliphatic heterocycles. The Kier molecular flexibility index (Phi) is 4.29. The molecule has 0 unspecified atom stereocenters. The van der Waals surface area contributed by atoms with Crippen LogP contribution >= 0.6 is 0 Å².